The molecule has 2 N–H and O–H groups in total. The normalized spacial score (nSPS) is 16.3. The van der Waals surface area contributed by atoms with E-state index in [1.807, 2.05) is 13.8 Å². The second-order valence-electron chi connectivity index (χ2n) is 7.34. The van der Waals surface area contributed by atoms with Crippen LogP contribution in [0.3, 0.4) is 0 Å². The van der Waals surface area contributed by atoms with Crippen molar-refractivity contribution < 1.29 is 25.4 Å². The molecule has 8 nitrogen and oxygen atoms in total. The van der Waals surface area contributed by atoms with Crippen molar-refractivity contribution in [2.75, 3.05) is 0 Å². The molecule has 0 heterocycles. The van der Waals surface area contributed by atoms with E-state index in [1.54, 1.807) is 42.5 Å². The number of nitrogens with one attached hydrogen (secondary N) is 2. The Morgan fingerprint density at radius 3 is 1.73 bits per heavy atom. The van der Waals surface area contributed by atoms with Crippen molar-refractivity contribution in [1.82, 2.24) is 11.0 Å². The molecule has 0 unspecified atom stereocenters. The minimum absolute atomic E-state index is 0.00721. The van der Waals surface area contributed by atoms with E-state index >= 15 is 0 Å². The second kappa shape index (κ2) is 8.60. The molecule has 1 aliphatic rings. The Bertz CT molecular complexity index is 1160. The van der Waals surface area contributed by atoms with Gasteiger partial charge in [-0.1, -0.05) is 56.3 Å². The zero-order valence-corrected chi connectivity index (χ0v) is 18.0. The van der Waals surface area contributed by atoms with Gasteiger partial charge in [0.05, 0.1) is 15.5 Å². The van der Waals surface area contributed by atoms with Gasteiger partial charge in [-0.15, -0.1) is 8.57 Å². The van der Waals surface area contributed by atoms with Crippen molar-refractivity contribution in [3.05, 3.63) is 84.2 Å². The molecular formula is C20H22N2O6S2. The Morgan fingerprint density at radius 2 is 1.23 bits per heavy atom. The molecule has 30 heavy (non-hydrogen) atoms. The maximum atomic E-state index is 12.3. The van der Waals surface area contributed by atoms with Gasteiger partial charge in [-0.25, -0.2) is 5.48 Å². The fourth-order valence-electron chi connectivity index (χ4n) is 2.85. The highest BCUT2D eigenvalue weighted by atomic mass is 32.2. The first-order chi connectivity index (χ1) is 14.1. The Labute approximate surface area is 176 Å². The lowest BCUT2D eigenvalue weighted by molar-refractivity contribution is 0.214. The highest BCUT2D eigenvalue weighted by molar-refractivity contribution is 7.87. The fraction of sp³-hybridized carbons (Fsp3) is 0.200. The minimum Gasteiger partial charge on any atom is -0.253 e. The highest BCUT2D eigenvalue weighted by Gasteiger charge is 2.25. The maximum absolute atomic E-state index is 12.3. The van der Waals surface area contributed by atoms with Crippen LogP contribution in [-0.4, -0.2) is 16.8 Å². The molecule has 0 aliphatic heterocycles. The molecule has 0 spiro atoms. The summed E-state index contributed by atoms with van der Waals surface area (Å²) in [5.41, 5.74) is 5.25. The van der Waals surface area contributed by atoms with E-state index in [-0.39, 0.29) is 9.79 Å². The summed E-state index contributed by atoms with van der Waals surface area (Å²) in [6.45, 7) is 3.81. The number of allylic oxidation sites excluding steroid dienone is 3. The van der Waals surface area contributed by atoms with Crippen LogP contribution in [0.15, 0.2) is 94.0 Å². The molecule has 0 amide bonds. The van der Waals surface area contributed by atoms with Crippen LogP contribution in [-0.2, 0) is 28.8 Å². The zero-order chi connectivity index (χ0) is 21.8. The Morgan fingerprint density at radius 1 is 0.767 bits per heavy atom. The van der Waals surface area contributed by atoms with Gasteiger partial charge in [-0.05, 0) is 42.2 Å². The molecule has 0 radical (unpaired) electrons. The van der Waals surface area contributed by atoms with Crippen molar-refractivity contribution in [2.24, 2.45) is 5.41 Å². The Kier molecular flexibility index (Phi) is 6.32. The van der Waals surface area contributed by atoms with E-state index in [0.29, 0.717) is 17.8 Å². The average molecular weight is 451 g/mol. The molecule has 0 saturated carbocycles. The predicted molar refractivity (Wildman–Crippen MR) is 110 cm³/mol. The van der Waals surface area contributed by atoms with Crippen molar-refractivity contribution in [3.63, 3.8) is 0 Å². The molecule has 0 saturated heterocycles. The summed E-state index contributed by atoms with van der Waals surface area (Å²) in [5, 5.41) is 0. The van der Waals surface area contributed by atoms with Crippen molar-refractivity contribution in [3.8, 4) is 0 Å². The molecule has 10 heteroatoms. The SMILES string of the molecule is CC1(C)C=C(NOS(=O)(=O)c2ccccc2)C=C(NOS(=O)(=O)c2ccccc2)C1. The van der Waals surface area contributed by atoms with Crippen LogP contribution in [0.2, 0.25) is 0 Å². The van der Waals surface area contributed by atoms with Gasteiger partial charge >= 0.3 is 20.2 Å². The van der Waals surface area contributed by atoms with E-state index in [2.05, 4.69) is 11.0 Å². The minimum atomic E-state index is -4.01. The van der Waals surface area contributed by atoms with Crippen LogP contribution in [0.5, 0.6) is 0 Å². The van der Waals surface area contributed by atoms with Gasteiger partial charge in [0.1, 0.15) is 0 Å². The first-order valence-electron chi connectivity index (χ1n) is 9.00. The molecule has 0 atom stereocenters. The first kappa shape index (κ1) is 22.0. The lowest BCUT2D eigenvalue weighted by Gasteiger charge is -2.28. The third kappa shape index (κ3) is 5.70. The summed E-state index contributed by atoms with van der Waals surface area (Å²) >= 11 is 0. The quantitative estimate of drug-likeness (QED) is 0.591. The van der Waals surface area contributed by atoms with Gasteiger partial charge in [-0.3, -0.25) is 5.48 Å². The lowest BCUT2D eigenvalue weighted by atomic mass is 9.83. The number of hydrogen-bond donors (Lipinski definition) is 2. The van der Waals surface area contributed by atoms with E-state index in [1.165, 1.54) is 30.3 Å². The molecule has 2 aromatic carbocycles. The van der Waals surface area contributed by atoms with Crippen LogP contribution < -0.4 is 11.0 Å². The van der Waals surface area contributed by atoms with Crippen LogP contribution in [0.25, 0.3) is 0 Å². The highest BCUT2D eigenvalue weighted by Crippen LogP contribution is 2.32. The van der Waals surface area contributed by atoms with E-state index in [0.717, 1.165) is 0 Å². The van der Waals surface area contributed by atoms with Crippen LogP contribution >= 0.6 is 0 Å². The van der Waals surface area contributed by atoms with Crippen molar-refractivity contribution in [2.45, 2.75) is 30.1 Å². The van der Waals surface area contributed by atoms with Gasteiger partial charge < -0.3 is 0 Å². The van der Waals surface area contributed by atoms with Gasteiger partial charge in [0.2, 0.25) is 0 Å². The Hall–Kier alpha value is -2.66. The fourth-order valence-corrected chi connectivity index (χ4v) is 4.45. The van der Waals surface area contributed by atoms with Gasteiger partial charge in [0.15, 0.2) is 0 Å². The third-order valence-electron chi connectivity index (χ3n) is 4.14. The van der Waals surface area contributed by atoms with E-state index < -0.39 is 25.7 Å². The number of hydrogen-bond acceptors (Lipinski definition) is 8. The van der Waals surface area contributed by atoms with Gasteiger partial charge in [-0.2, -0.15) is 16.8 Å². The summed E-state index contributed by atoms with van der Waals surface area (Å²) in [6, 6.07) is 15.4. The van der Waals surface area contributed by atoms with Crippen molar-refractivity contribution in [1.29, 1.82) is 0 Å². The average Bonchev–Trinajstić information content (AvgIpc) is 2.71. The first-order valence-corrected chi connectivity index (χ1v) is 11.8. The summed E-state index contributed by atoms with van der Waals surface area (Å²) in [7, 11) is -8.02. The topological polar surface area (TPSA) is 111 Å². The van der Waals surface area contributed by atoms with Crippen LogP contribution in [0.1, 0.15) is 20.3 Å². The largest absolute Gasteiger partial charge is 0.317 e. The number of hydroxylamine groups is 2. The summed E-state index contributed by atoms with van der Waals surface area (Å²) in [5.74, 6) is 0. The molecule has 0 bridgehead atoms. The predicted octanol–water partition coefficient (Wildman–Crippen LogP) is 3.00. The molecule has 2 aromatic rings. The summed E-state index contributed by atoms with van der Waals surface area (Å²) < 4.78 is 59.0. The Balaban J connectivity index is 1.70. The molecular weight excluding hydrogens is 428 g/mol. The van der Waals surface area contributed by atoms with Crippen LogP contribution in [0.4, 0.5) is 0 Å². The smallest absolute Gasteiger partial charge is 0.253 e. The van der Waals surface area contributed by atoms with Gasteiger partial charge in [0.25, 0.3) is 0 Å². The number of rotatable bonds is 8. The molecule has 0 fully saturated rings. The second-order valence-corrected chi connectivity index (χ2v) is 10.4. The van der Waals surface area contributed by atoms with Crippen LogP contribution in [0, 0.1) is 5.41 Å². The molecule has 0 aromatic heterocycles. The summed E-state index contributed by atoms with van der Waals surface area (Å²) in [4.78, 5) is 0.0205. The van der Waals surface area contributed by atoms with E-state index in [4.69, 9.17) is 8.57 Å². The van der Waals surface area contributed by atoms with Gasteiger partial charge in [0, 0.05) is 5.70 Å². The lowest BCUT2D eigenvalue weighted by Crippen LogP contribution is -2.29. The molecule has 1 aliphatic carbocycles. The zero-order valence-electron chi connectivity index (χ0n) is 16.4. The molecule has 3 rings (SSSR count). The van der Waals surface area contributed by atoms with Crippen molar-refractivity contribution >= 4 is 20.2 Å². The monoisotopic (exact) mass is 450 g/mol. The standard InChI is InChI=1S/C20H22N2O6S2/c1-20(2)14-16(21-27-29(23,24)18-9-5-3-6-10-18)13-17(15-20)22-28-30(25,26)19-11-7-4-8-12-19/h3-14,21-22H,15H2,1-2H3. The third-order valence-corrected chi connectivity index (χ3v) is 6.44. The maximum Gasteiger partial charge on any atom is 0.317 e. The van der Waals surface area contributed by atoms with E-state index in [9.17, 15) is 16.8 Å². The summed E-state index contributed by atoms with van der Waals surface area (Å²) in [6.07, 6.45) is 3.74. The molecule has 160 valence electrons. The number of benzene rings is 2.